The molecule has 7 heteroatoms. The Morgan fingerprint density at radius 3 is 2.71 bits per heavy atom. The molecule has 2 aromatic heterocycles. The number of halogens is 2. The molecule has 0 unspecified atom stereocenters. The van der Waals surface area contributed by atoms with Crippen LogP contribution in [-0.2, 0) is 0 Å². The smallest absolute Gasteiger partial charge is 0.181 e. The highest BCUT2D eigenvalue weighted by atomic mass is 19.1. The molecule has 0 saturated carbocycles. The van der Waals surface area contributed by atoms with Crippen molar-refractivity contribution >= 4 is 22.4 Å². The summed E-state index contributed by atoms with van der Waals surface area (Å²) in [5.41, 5.74) is 2.63. The average Bonchev–Trinajstić information content (AvgIpc) is 2.95. The molecule has 124 valence electrons. The molecule has 1 aliphatic rings. The largest absolute Gasteiger partial charge is 0.376 e. The molecule has 1 aromatic carbocycles. The van der Waals surface area contributed by atoms with E-state index in [-0.39, 0.29) is 5.82 Å². The quantitative estimate of drug-likeness (QED) is 0.740. The lowest BCUT2D eigenvalue weighted by molar-refractivity contribution is 0.275. The first-order chi connectivity index (χ1) is 11.5. The minimum Gasteiger partial charge on any atom is -0.376 e. The normalized spacial score (nSPS) is 14.9. The Labute approximate surface area is 138 Å². The number of benzene rings is 1. The second-order valence-electron chi connectivity index (χ2n) is 6.21. The molecular formula is C17H17F2N5. The molecule has 24 heavy (non-hydrogen) atoms. The van der Waals surface area contributed by atoms with Gasteiger partial charge in [-0.15, -0.1) is 5.10 Å². The van der Waals surface area contributed by atoms with Gasteiger partial charge >= 0.3 is 0 Å². The monoisotopic (exact) mass is 329 g/mol. The highest BCUT2D eigenvalue weighted by molar-refractivity contribution is 5.78. The van der Waals surface area contributed by atoms with E-state index in [0.29, 0.717) is 24.4 Å². The van der Waals surface area contributed by atoms with Gasteiger partial charge in [-0.05, 0) is 24.3 Å². The lowest BCUT2D eigenvalue weighted by Crippen LogP contribution is -2.48. The first-order valence-electron chi connectivity index (χ1n) is 7.73. The number of nitrogens with zero attached hydrogens (tertiary/aromatic N) is 5. The van der Waals surface area contributed by atoms with Crippen molar-refractivity contribution in [1.82, 2.24) is 14.8 Å². The van der Waals surface area contributed by atoms with Crippen LogP contribution in [0.15, 0.2) is 36.7 Å². The molecule has 3 aromatic rings. The zero-order valence-corrected chi connectivity index (χ0v) is 13.4. The number of alkyl halides is 1. The Hall–Kier alpha value is -2.70. The summed E-state index contributed by atoms with van der Waals surface area (Å²) in [5, 5.41) is 5.19. The summed E-state index contributed by atoms with van der Waals surface area (Å²) >= 11 is 0. The van der Waals surface area contributed by atoms with Gasteiger partial charge < -0.3 is 9.80 Å². The molecule has 0 atom stereocenters. The first kappa shape index (κ1) is 14.9. The van der Waals surface area contributed by atoms with E-state index in [2.05, 4.69) is 10.1 Å². The van der Waals surface area contributed by atoms with Crippen LogP contribution in [0.2, 0.25) is 0 Å². The zero-order chi connectivity index (χ0) is 16.8. The Bertz CT molecular complexity index is 899. The van der Waals surface area contributed by atoms with Crippen LogP contribution in [0.25, 0.3) is 16.7 Å². The van der Waals surface area contributed by atoms with Crippen molar-refractivity contribution in [3.05, 3.63) is 42.5 Å². The van der Waals surface area contributed by atoms with Gasteiger partial charge in [0.15, 0.2) is 5.65 Å². The van der Waals surface area contributed by atoms with E-state index < -0.39 is 6.17 Å². The van der Waals surface area contributed by atoms with Gasteiger partial charge in [0.25, 0.3) is 0 Å². The first-order valence-corrected chi connectivity index (χ1v) is 7.73. The third-order valence-electron chi connectivity index (χ3n) is 4.24. The second kappa shape index (κ2) is 5.43. The van der Waals surface area contributed by atoms with Crippen molar-refractivity contribution in [2.45, 2.75) is 6.17 Å². The Morgan fingerprint density at radius 1 is 1.21 bits per heavy atom. The maximum Gasteiger partial charge on any atom is 0.181 e. The fraction of sp³-hybridized carbons (Fsp3) is 0.294. The summed E-state index contributed by atoms with van der Waals surface area (Å²) in [6.07, 6.45) is 2.68. The highest BCUT2D eigenvalue weighted by Gasteiger charge is 2.27. The average molecular weight is 329 g/mol. The fourth-order valence-corrected chi connectivity index (χ4v) is 2.78. The minimum absolute atomic E-state index is 0.333. The van der Waals surface area contributed by atoms with Crippen LogP contribution in [0.1, 0.15) is 0 Å². The van der Waals surface area contributed by atoms with Gasteiger partial charge in [0, 0.05) is 31.4 Å². The van der Waals surface area contributed by atoms with Gasteiger partial charge in [-0.25, -0.2) is 18.4 Å². The molecular weight excluding hydrogens is 312 g/mol. The minimum atomic E-state index is -0.806. The zero-order valence-electron chi connectivity index (χ0n) is 13.4. The van der Waals surface area contributed by atoms with Crippen molar-refractivity contribution in [1.29, 1.82) is 0 Å². The van der Waals surface area contributed by atoms with Crippen LogP contribution in [-0.4, -0.2) is 48.1 Å². The fourth-order valence-electron chi connectivity index (χ4n) is 2.78. The van der Waals surface area contributed by atoms with Gasteiger partial charge in [-0.1, -0.05) is 0 Å². The van der Waals surface area contributed by atoms with E-state index >= 15 is 0 Å². The van der Waals surface area contributed by atoms with E-state index in [1.807, 2.05) is 30.0 Å². The van der Waals surface area contributed by atoms with E-state index in [1.165, 1.54) is 10.7 Å². The van der Waals surface area contributed by atoms with Crippen molar-refractivity contribution in [2.75, 3.05) is 37.0 Å². The van der Waals surface area contributed by atoms with Gasteiger partial charge in [-0.3, -0.25) is 0 Å². The van der Waals surface area contributed by atoms with E-state index in [4.69, 9.17) is 0 Å². The van der Waals surface area contributed by atoms with E-state index in [9.17, 15) is 8.78 Å². The molecule has 0 amide bonds. The standard InChI is InChI=1S/C17H17F2N5/c1-22(2)14-5-11-8-24(21-17(11)20-7-14)16-6-13(3-4-15(16)19)23-9-12(18)10-23/h3-8,12H,9-10H2,1-2H3. The summed E-state index contributed by atoms with van der Waals surface area (Å²) in [5.74, 6) is -0.378. The lowest BCUT2D eigenvalue weighted by Gasteiger charge is -2.36. The van der Waals surface area contributed by atoms with Crippen molar-refractivity contribution in [3.63, 3.8) is 0 Å². The molecule has 1 fully saturated rings. The predicted molar refractivity (Wildman–Crippen MR) is 90.3 cm³/mol. The lowest BCUT2D eigenvalue weighted by atomic mass is 10.1. The summed E-state index contributed by atoms with van der Waals surface area (Å²) in [7, 11) is 3.86. The Morgan fingerprint density at radius 2 is 2.00 bits per heavy atom. The Kier molecular flexibility index (Phi) is 3.37. The molecule has 1 aliphatic heterocycles. The third-order valence-corrected chi connectivity index (χ3v) is 4.24. The van der Waals surface area contributed by atoms with Crippen LogP contribution in [0.5, 0.6) is 0 Å². The molecule has 0 N–H and O–H groups in total. The maximum atomic E-state index is 14.3. The predicted octanol–water partition coefficient (Wildman–Crippen LogP) is 2.78. The van der Waals surface area contributed by atoms with E-state index in [0.717, 1.165) is 16.8 Å². The molecule has 0 radical (unpaired) electrons. The van der Waals surface area contributed by atoms with Crippen LogP contribution in [0, 0.1) is 5.82 Å². The topological polar surface area (TPSA) is 37.2 Å². The van der Waals surface area contributed by atoms with Crippen LogP contribution < -0.4 is 9.80 Å². The number of aromatic nitrogens is 3. The second-order valence-corrected chi connectivity index (χ2v) is 6.21. The highest BCUT2D eigenvalue weighted by Crippen LogP contribution is 2.27. The maximum absolute atomic E-state index is 14.3. The number of hydrogen-bond donors (Lipinski definition) is 0. The number of hydrogen-bond acceptors (Lipinski definition) is 4. The van der Waals surface area contributed by atoms with Gasteiger partial charge in [0.2, 0.25) is 0 Å². The molecule has 4 rings (SSSR count). The number of fused-ring (bicyclic) bond motifs is 1. The number of rotatable bonds is 3. The van der Waals surface area contributed by atoms with Gasteiger partial charge in [-0.2, -0.15) is 0 Å². The van der Waals surface area contributed by atoms with Gasteiger partial charge in [0.1, 0.15) is 17.7 Å². The Balaban J connectivity index is 1.75. The summed E-state index contributed by atoms with van der Waals surface area (Å²) in [6.45, 7) is 0.694. The van der Waals surface area contributed by atoms with E-state index in [1.54, 1.807) is 24.5 Å². The van der Waals surface area contributed by atoms with Crippen molar-refractivity contribution in [2.24, 2.45) is 0 Å². The summed E-state index contributed by atoms with van der Waals surface area (Å²) < 4.78 is 28.8. The molecule has 1 saturated heterocycles. The molecule has 3 heterocycles. The summed E-state index contributed by atoms with van der Waals surface area (Å²) in [6, 6.07) is 6.70. The molecule has 5 nitrogen and oxygen atoms in total. The SMILES string of the molecule is CN(C)c1cnc2nn(-c3cc(N4CC(F)C4)ccc3F)cc2c1. The van der Waals surface area contributed by atoms with Crippen molar-refractivity contribution in [3.8, 4) is 5.69 Å². The molecule has 0 spiro atoms. The van der Waals surface area contributed by atoms with Crippen LogP contribution in [0.3, 0.4) is 0 Å². The molecule has 0 aliphatic carbocycles. The number of pyridine rings is 1. The van der Waals surface area contributed by atoms with Crippen molar-refractivity contribution < 1.29 is 8.78 Å². The third kappa shape index (κ3) is 2.46. The van der Waals surface area contributed by atoms with Crippen LogP contribution >= 0.6 is 0 Å². The number of anilines is 2. The summed E-state index contributed by atoms with van der Waals surface area (Å²) in [4.78, 5) is 8.14. The van der Waals surface area contributed by atoms with Gasteiger partial charge in [0.05, 0.1) is 25.0 Å². The molecule has 0 bridgehead atoms. The van der Waals surface area contributed by atoms with Crippen LogP contribution in [0.4, 0.5) is 20.2 Å².